The van der Waals surface area contributed by atoms with Gasteiger partial charge in [0.15, 0.2) is 0 Å². The lowest BCUT2D eigenvalue weighted by atomic mass is 9.74. The number of fused-ring (bicyclic) bond motifs is 1. The Bertz CT molecular complexity index is 1320. The van der Waals surface area contributed by atoms with E-state index in [4.69, 9.17) is 10.5 Å². The molecule has 2 aromatic carbocycles. The molecule has 1 fully saturated rings. The molecule has 2 aliphatic rings. The van der Waals surface area contributed by atoms with Crippen LogP contribution in [0.1, 0.15) is 72.9 Å². The molecule has 1 aliphatic carbocycles. The van der Waals surface area contributed by atoms with Crippen LogP contribution in [0.5, 0.6) is 0 Å². The summed E-state index contributed by atoms with van der Waals surface area (Å²) in [6, 6.07) is -0.00626. The van der Waals surface area contributed by atoms with E-state index in [1.165, 1.54) is 4.90 Å². The molecular weight excluding hydrogens is 597 g/mol. The average Bonchev–Trinajstić information content (AvgIpc) is 2.86. The summed E-state index contributed by atoms with van der Waals surface area (Å²) >= 11 is 0. The predicted molar refractivity (Wildman–Crippen MR) is 136 cm³/mol. The summed E-state index contributed by atoms with van der Waals surface area (Å²) in [4.78, 5) is 27.9. The number of primary amides is 1. The van der Waals surface area contributed by atoms with Crippen molar-refractivity contribution < 1.29 is 53.8 Å². The van der Waals surface area contributed by atoms with Crippen LogP contribution >= 0.6 is 0 Å². The zero-order valence-corrected chi connectivity index (χ0v) is 22.7. The predicted octanol–water partition coefficient (Wildman–Crippen LogP) is 8.29. The lowest BCUT2D eigenvalue weighted by molar-refractivity contribution is -0.143. The number of benzene rings is 2. The van der Waals surface area contributed by atoms with E-state index in [1.54, 1.807) is 6.92 Å². The summed E-state index contributed by atoms with van der Waals surface area (Å²) in [6.07, 6.45) is -13.6. The Morgan fingerprint density at radius 2 is 1.49 bits per heavy atom. The Balaban J connectivity index is 1.86. The van der Waals surface area contributed by atoms with E-state index in [9.17, 15) is 49.1 Å². The second-order valence-electron chi connectivity index (χ2n) is 10.6. The molecule has 15 heteroatoms. The number of nitrogens with two attached hydrogens (primary N) is 1. The summed E-state index contributed by atoms with van der Waals surface area (Å²) in [7, 11) is 0. The molecule has 1 aliphatic heterocycles. The van der Waals surface area contributed by atoms with Crippen molar-refractivity contribution in [1.82, 2.24) is 4.90 Å². The van der Waals surface area contributed by atoms with Crippen LogP contribution in [-0.4, -0.2) is 29.7 Å². The lowest BCUT2D eigenvalue weighted by Gasteiger charge is -2.48. The third-order valence-corrected chi connectivity index (χ3v) is 7.75. The van der Waals surface area contributed by atoms with Crippen LogP contribution < -0.4 is 10.6 Å². The maximum Gasteiger partial charge on any atom is 0.416 e. The molecule has 0 bridgehead atoms. The molecule has 236 valence electrons. The molecule has 4 rings (SSSR count). The zero-order chi connectivity index (χ0) is 31.9. The molecule has 1 heterocycles. The van der Waals surface area contributed by atoms with Gasteiger partial charge in [-0.25, -0.2) is 9.59 Å². The summed E-state index contributed by atoms with van der Waals surface area (Å²) in [6.45, 7) is 0.895. The number of hydrogen-bond acceptors (Lipinski definition) is 3. The number of ether oxygens (including phenoxy) is 1. The van der Waals surface area contributed by atoms with Crippen molar-refractivity contribution in [3.63, 3.8) is 0 Å². The molecule has 0 aromatic heterocycles. The van der Waals surface area contributed by atoms with Gasteiger partial charge in [-0.2, -0.15) is 39.5 Å². The number of carbonyl (C=O) groups excluding carboxylic acids is 2. The Kier molecular flexibility index (Phi) is 8.85. The molecule has 1 saturated carbocycles. The van der Waals surface area contributed by atoms with Gasteiger partial charge in [-0.1, -0.05) is 13.3 Å². The van der Waals surface area contributed by atoms with Crippen LogP contribution in [0.25, 0.3) is 0 Å². The fourth-order valence-electron chi connectivity index (χ4n) is 5.52. The number of amides is 3. The van der Waals surface area contributed by atoms with Crippen LogP contribution in [0.4, 0.5) is 54.8 Å². The van der Waals surface area contributed by atoms with Crippen LogP contribution in [-0.2, 0) is 29.8 Å². The van der Waals surface area contributed by atoms with Gasteiger partial charge in [0.05, 0.1) is 35.0 Å². The van der Waals surface area contributed by atoms with Crippen molar-refractivity contribution in [3.8, 4) is 0 Å². The molecule has 0 spiro atoms. The van der Waals surface area contributed by atoms with Crippen LogP contribution in [0, 0.1) is 5.92 Å². The Morgan fingerprint density at radius 3 is 1.95 bits per heavy atom. The number of halogens is 9. The minimum absolute atomic E-state index is 0.0199. The van der Waals surface area contributed by atoms with Crippen molar-refractivity contribution in [1.29, 1.82) is 0 Å². The second kappa shape index (κ2) is 11.8. The zero-order valence-electron chi connectivity index (χ0n) is 22.7. The summed E-state index contributed by atoms with van der Waals surface area (Å²) in [5.74, 6) is -0.146. The first kappa shape index (κ1) is 32.3. The minimum Gasteiger partial charge on any atom is -0.449 e. The van der Waals surface area contributed by atoms with Gasteiger partial charge in [-0.15, -0.1) is 0 Å². The fraction of sp³-hybridized carbons (Fsp3) is 0.500. The largest absolute Gasteiger partial charge is 0.449 e. The molecule has 2 N–H and O–H groups in total. The first-order chi connectivity index (χ1) is 19.9. The Hall–Kier alpha value is -3.65. The van der Waals surface area contributed by atoms with E-state index in [-0.39, 0.29) is 36.3 Å². The molecular formula is C28H28F9N3O3. The SMILES string of the molecule is CCCOC(=O)N1c2ccc(C(F)(F)F)cc2[C@H](N(Cc2cc(C(F)(F)F)cc(C(F)(F)F)c2)C(N)=O)C[C@@H]1C1CCC1. The second-order valence-corrected chi connectivity index (χ2v) is 10.6. The van der Waals surface area contributed by atoms with Crippen molar-refractivity contribution in [2.75, 3.05) is 11.5 Å². The third kappa shape index (κ3) is 6.96. The highest BCUT2D eigenvalue weighted by Gasteiger charge is 2.46. The fourth-order valence-corrected chi connectivity index (χ4v) is 5.52. The number of urea groups is 1. The number of nitrogens with zero attached hydrogens (tertiary/aromatic N) is 2. The maximum absolute atomic E-state index is 13.8. The highest BCUT2D eigenvalue weighted by Crippen LogP contribution is 2.48. The van der Waals surface area contributed by atoms with Crippen LogP contribution in [0.3, 0.4) is 0 Å². The van der Waals surface area contributed by atoms with E-state index in [1.807, 2.05) is 0 Å². The minimum atomic E-state index is -5.17. The van der Waals surface area contributed by atoms with Gasteiger partial charge in [0, 0.05) is 12.6 Å². The standard InChI is InChI=1S/C28H28F9N3O3/c1-2-8-43-25(42)40-21-7-6-17(26(29,30)31)12-20(21)23(13-22(40)16-4-3-5-16)39(24(38)41)14-15-9-18(27(32,33)34)11-19(10-15)28(35,36)37/h6-7,9-12,16,22-23H,2-5,8,13-14H2,1H3,(H2,38,41)/t22-,23-/m1/s1. The molecule has 6 nitrogen and oxygen atoms in total. The van der Waals surface area contributed by atoms with Gasteiger partial charge in [-0.3, -0.25) is 4.90 Å². The first-order valence-corrected chi connectivity index (χ1v) is 13.4. The molecule has 0 unspecified atom stereocenters. The van der Waals surface area contributed by atoms with E-state index >= 15 is 0 Å². The van der Waals surface area contributed by atoms with Crippen molar-refractivity contribution in [2.45, 2.75) is 76.2 Å². The van der Waals surface area contributed by atoms with Gasteiger partial charge in [0.25, 0.3) is 0 Å². The number of alkyl halides is 9. The number of hydrogen-bond donors (Lipinski definition) is 1. The van der Waals surface area contributed by atoms with Gasteiger partial charge in [0.1, 0.15) is 0 Å². The van der Waals surface area contributed by atoms with E-state index in [0.29, 0.717) is 37.5 Å². The highest BCUT2D eigenvalue weighted by molar-refractivity contribution is 5.91. The van der Waals surface area contributed by atoms with Gasteiger partial charge >= 0.3 is 30.7 Å². The van der Waals surface area contributed by atoms with Crippen LogP contribution in [0.2, 0.25) is 0 Å². The normalized spacial score (nSPS) is 19.4. The van der Waals surface area contributed by atoms with Gasteiger partial charge < -0.3 is 15.4 Å². The smallest absolute Gasteiger partial charge is 0.416 e. The Morgan fingerprint density at radius 1 is 0.907 bits per heavy atom. The molecule has 3 amide bonds. The summed E-state index contributed by atoms with van der Waals surface area (Å²) in [5, 5.41) is 0. The average molecular weight is 626 g/mol. The van der Waals surface area contributed by atoms with Crippen molar-refractivity contribution in [2.24, 2.45) is 11.7 Å². The van der Waals surface area contributed by atoms with Crippen molar-refractivity contribution in [3.05, 3.63) is 64.2 Å². The van der Waals surface area contributed by atoms with Gasteiger partial charge in [0.2, 0.25) is 0 Å². The molecule has 0 saturated heterocycles. The number of rotatable bonds is 6. The van der Waals surface area contributed by atoms with E-state index in [0.717, 1.165) is 23.5 Å². The number of anilines is 1. The molecule has 0 radical (unpaired) electrons. The topological polar surface area (TPSA) is 75.9 Å². The lowest BCUT2D eigenvalue weighted by Crippen LogP contribution is -2.53. The third-order valence-electron chi connectivity index (χ3n) is 7.75. The summed E-state index contributed by atoms with van der Waals surface area (Å²) in [5.41, 5.74) is 0.408. The van der Waals surface area contributed by atoms with E-state index in [2.05, 4.69) is 0 Å². The quantitative estimate of drug-likeness (QED) is 0.328. The first-order valence-electron chi connectivity index (χ1n) is 13.4. The molecule has 2 atom stereocenters. The molecule has 2 aromatic rings. The van der Waals surface area contributed by atoms with Crippen LogP contribution in [0.15, 0.2) is 36.4 Å². The number of carbonyl (C=O) groups is 2. The highest BCUT2D eigenvalue weighted by atomic mass is 19.4. The maximum atomic E-state index is 13.8. The van der Waals surface area contributed by atoms with Gasteiger partial charge in [-0.05, 0) is 79.1 Å². The van der Waals surface area contributed by atoms with Crippen molar-refractivity contribution >= 4 is 17.8 Å². The summed E-state index contributed by atoms with van der Waals surface area (Å²) < 4.78 is 128. The monoisotopic (exact) mass is 625 g/mol. The molecule has 43 heavy (non-hydrogen) atoms. The van der Waals surface area contributed by atoms with E-state index < -0.39 is 71.5 Å². The Labute approximate surface area is 240 Å².